The number of nitrogens with zero attached hydrogens (tertiary/aromatic N) is 1. The molecule has 1 N–H and O–H groups in total. The Balaban J connectivity index is 2.23. The number of aliphatic hydroxyl groups is 1. The third-order valence-corrected chi connectivity index (χ3v) is 4.75. The minimum atomic E-state index is -3.10. The van der Waals surface area contributed by atoms with Crippen LogP contribution in [0.1, 0.15) is 15.9 Å². The molecular weight excluding hydrogens is 297 g/mol. The van der Waals surface area contributed by atoms with Crippen molar-refractivity contribution in [1.82, 2.24) is 4.90 Å². The normalized spacial score (nSPS) is 17.0. The molecule has 112 valence electrons. The van der Waals surface area contributed by atoms with E-state index in [0.29, 0.717) is 5.56 Å². The third kappa shape index (κ3) is 3.80. The Kier molecular flexibility index (Phi) is 4.60. The predicted octanol–water partition coefficient (Wildman–Crippen LogP) is 0.0401. The van der Waals surface area contributed by atoms with Crippen LogP contribution in [0.4, 0.5) is 4.39 Å². The lowest BCUT2D eigenvalue weighted by Crippen LogP contribution is -2.44. The number of sulfone groups is 1. The molecule has 1 aromatic carbocycles. The van der Waals surface area contributed by atoms with E-state index in [2.05, 4.69) is 11.8 Å². The number of hydrogen-bond donors (Lipinski definition) is 1. The summed E-state index contributed by atoms with van der Waals surface area (Å²) in [6.45, 7) is -0.203. The first-order chi connectivity index (χ1) is 9.93. The maximum atomic E-state index is 13.8. The Hall–Kier alpha value is -1.91. The number of carbonyl (C=O) groups is 1. The molecule has 0 aromatic heterocycles. The van der Waals surface area contributed by atoms with Gasteiger partial charge in [0.1, 0.15) is 12.4 Å². The zero-order chi connectivity index (χ0) is 15.5. The maximum Gasteiger partial charge on any atom is 0.256 e. The van der Waals surface area contributed by atoms with Crippen LogP contribution in [-0.2, 0) is 9.84 Å². The minimum absolute atomic E-state index is 0.0627. The molecule has 0 bridgehead atoms. The molecule has 7 heteroatoms. The molecule has 0 aliphatic carbocycles. The molecule has 0 radical (unpaired) electrons. The van der Waals surface area contributed by atoms with Gasteiger partial charge in [0.2, 0.25) is 0 Å². The standard InChI is InChI=1S/C14H14FNO4S/c15-13-4-3-11(2-1-7-17)10-12(13)14(18)16-5-8-21(19,20)9-6-16/h3-4,10,17H,5-9H2. The average molecular weight is 311 g/mol. The summed E-state index contributed by atoms with van der Waals surface area (Å²) in [6, 6.07) is 3.86. The molecule has 1 aliphatic rings. The Morgan fingerprint density at radius 3 is 2.62 bits per heavy atom. The van der Waals surface area contributed by atoms with E-state index < -0.39 is 21.6 Å². The lowest BCUT2D eigenvalue weighted by Gasteiger charge is -2.26. The number of benzene rings is 1. The number of hydrogen-bond acceptors (Lipinski definition) is 4. The van der Waals surface area contributed by atoms with Gasteiger partial charge in [0, 0.05) is 18.7 Å². The third-order valence-electron chi connectivity index (χ3n) is 3.14. The molecule has 0 saturated carbocycles. The largest absolute Gasteiger partial charge is 0.384 e. The number of aliphatic hydroxyl groups excluding tert-OH is 1. The summed E-state index contributed by atoms with van der Waals surface area (Å²) in [5, 5.41) is 8.63. The fraction of sp³-hybridized carbons (Fsp3) is 0.357. The van der Waals surface area contributed by atoms with E-state index in [0.717, 1.165) is 6.07 Å². The minimum Gasteiger partial charge on any atom is -0.384 e. The zero-order valence-electron chi connectivity index (χ0n) is 11.2. The molecule has 1 fully saturated rings. The van der Waals surface area contributed by atoms with Crippen LogP contribution in [0, 0.1) is 17.7 Å². The van der Waals surface area contributed by atoms with Crippen LogP contribution in [0.25, 0.3) is 0 Å². The lowest BCUT2D eigenvalue weighted by molar-refractivity contribution is 0.0765. The van der Waals surface area contributed by atoms with Gasteiger partial charge in [0.15, 0.2) is 9.84 Å². The number of carbonyl (C=O) groups excluding carboxylic acids is 1. The molecule has 1 aromatic rings. The van der Waals surface area contributed by atoms with Crippen LogP contribution < -0.4 is 0 Å². The highest BCUT2D eigenvalue weighted by Crippen LogP contribution is 2.15. The van der Waals surface area contributed by atoms with Gasteiger partial charge in [0.05, 0.1) is 17.1 Å². The van der Waals surface area contributed by atoms with Crippen LogP contribution in [0.2, 0.25) is 0 Å². The second-order valence-corrected chi connectivity index (χ2v) is 6.90. The van der Waals surface area contributed by atoms with Crippen molar-refractivity contribution in [3.05, 3.63) is 35.1 Å². The van der Waals surface area contributed by atoms with Gasteiger partial charge < -0.3 is 10.0 Å². The topological polar surface area (TPSA) is 74.7 Å². The molecule has 1 saturated heterocycles. The number of amides is 1. The first kappa shape index (κ1) is 15.5. The SMILES string of the molecule is O=C(c1cc(C#CCO)ccc1F)N1CCS(=O)(=O)CC1. The molecule has 1 amide bonds. The number of rotatable bonds is 1. The Morgan fingerprint density at radius 2 is 2.00 bits per heavy atom. The summed E-state index contributed by atoms with van der Waals surface area (Å²) >= 11 is 0. The molecule has 5 nitrogen and oxygen atoms in total. The maximum absolute atomic E-state index is 13.8. The van der Waals surface area contributed by atoms with E-state index in [1.165, 1.54) is 17.0 Å². The van der Waals surface area contributed by atoms with Crippen LogP contribution in [-0.4, -0.2) is 55.5 Å². The van der Waals surface area contributed by atoms with E-state index in [1.807, 2.05) is 0 Å². The monoisotopic (exact) mass is 311 g/mol. The quantitative estimate of drug-likeness (QED) is 0.743. The van der Waals surface area contributed by atoms with E-state index in [-0.39, 0.29) is 36.8 Å². The molecule has 0 atom stereocenters. The summed E-state index contributed by atoms with van der Waals surface area (Å²) in [5.41, 5.74) is 0.275. The van der Waals surface area contributed by atoms with E-state index in [9.17, 15) is 17.6 Å². The fourth-order valence-corrected chi connectivity index (χ4v) is 3.20. The van der Waals surface area contributed by atoms with Crippen molar-refractivity contribution >= 4 is 15.7 Å². The highest BCUT2D eigenvalue weighted by Gasteiger charge is 2.27. The van der Waals surface area contributed by atoms with E-state index >= 15 is 0 Å². The van der Waals surface area contributed by atoms with Crippen molar-refractivity contribution in [3.8, 4) is 11.8 Å². The second-order valence-electron chi connectivity index (χ2n) is 4.60. The van der Waals surface area contributed by atoms with Crippen molar-refractivity contribution in [3.63, 3.8) is 0 Å². The molecule has 0 spiro atoms. The van der Waals surface area contributed by atoms with Crippen LogP contribution in [0.5, 0.6) is 0 Å². The second kappa shape index (κ2) is 6.24. The Morgan fingerprint density at radius 1 is 1.33 bits per heavy atom. The van der Waals surface area contributed by atoms with Gasteiger partial charge in [-0.2, -0.15) is 0 Å². The molecule has 0 unspecified atom stereocenters. The van der Waals surface area contributed by atoms with Crippen molar-refractivity contribution in [2.45, 2.75) is 0 Å². The Bertz CT molecular complexity index is 704. The molecule has 2 rings (SSSR count). The summed E-state index contributed by atoms with van der Waals surface area (Å²) in [5.74, 6) is 3.58. The van der Waals surface area contributed by atoms with Crippen LogP contribution >= 0.6 is 0 Å². The van der Waals surface area contributed by atoms with Crippen molar-refractivity contribution < 1.29 is 22.7 Å². The van der Waals surface area contributed by atoms with Crippen molar-refractivity contribution in [2.75, 3.05) is 31.2 Å². The highest BCUT2D eigenvalue weighted by molar-refractivity contribution is 7.91. The average Bonchev–Trinajstić information content (AvgIpc) is 2.46. The van der Waals surface area contributed by atoms with E-state index in [1.54, 1.807) is 0 Å². The van der Waals surface area contributed by atoms with E-state index in [4.69, 9.17) is 5.11 Å². The van der Waals surface area contributed by atoms with Gasteiger partial charge in [-0.15, -0.1) is 0 Å². The number of halogens is 1. The van der Waals surface area contributed by atoms with Crippen LogP contribution in [0.15, 0.2) is 18.2 Å². The fourth-order valence-electron chi connectivity index (χ4n) is 1.99. The smallest absolute Gasteiger partial charge is 0.256 e. The Labute approximate surface area is 122 Å². The molecule has 1 heterocycles. The highest BCUT2D eigenvalue weighted by atomic mass is 32.2. The molecule has 21 heavy (non-hydrogen) atoms. The summed E-state index contributed by atoms with van der Waals surface area (Å²) in [6.07, 6.45) is 0. The zero-order valence-corrected chi connectivity index (χ0v) is 12.0. The van der Waals surface area contributed by atoms with Gasteiger partial charge in [-0.25, -0.2) is 12.8 Å². The first-order valence-electron chi connectivity index (χ1n) is 6.32. The molecular formula is C14H14FNO4S. The van der Waals surface area contributed by atoms with Gasteiger partial charge in [-0.05, 0) is 18.2 Å². The van der Waals surface area contributed by atoms with Gasteiger partial charge in [-0.1, -0.05) is 11.8 Å². The van der Waals surface area contributed by atoms with Crippen LogP contribution in [0.3, 0.4) is 0 Å². The summed E-state index contributed by atoms with van der Waals surface area (Å²) in [4.78, 5) is 13.6. The summed E-state index contributed by atoms with van der Waals surface area (Å²) < 4.78 is 36.5. The van der Waals surface area contributed by atoms with Gasteiger partial charge >= 0.3 is 0 Å². The predicted molar refractivity (Wildman–Crippen MR) is 74.9 cm³/mol. The first-order valence-corrected chi connectivity index (χ1v) is 8.14. The van der Waals surface area contributed by atoms with Crippen molar-refractivity contribution in [1.29, 1.82) is 0 Å². The van der Waals surface area contributed by atoms with Gasteiger partial charge in [0.25, 0.3) is 5.91 Å². The van der Waals surface area contributed by atoms with Crippen molar-refractivity contribution in [2.24, 2.45) is 0 Å². The summed E-state index contributed by atoms with van der Waals surface area (Å²) in [7, 11) is -3.10. The lowest BCUT2D eigenvalue weighted by atomic mass is 10.1. The molecule has 1 aliphatic heterocycles. The van der Waals surface area contributed by atoms with Gasteiger partial charge in [-0.3, -0.25) is 4.79 Å².